The lowest BCUT2D eigenvalue weighted by Crippen LogP contribution is -2.40. The number of aliphatic carboxylic acids is 1. The molecule has 0 aliphatic heterocycles. The van der Waals surface area contributed by atoms with Gasteiger partial charge in [0, 0.05) is 11.7 Å². The fourth-order valence-electron chi connectivity index (χ4n) is 3.18. The number of carboxylic acids is 1. The lowest BCUT2D eigenvalue weighted by atomic mass is 9.86. The number of urea groups is 1. The third-order valence-corrected chi connectivity index (χ3v) is 4.74. The molecule has 1 saturated carbocycles. The van der Waals surface area contributed by atoms with Crippen LogP contribution in [0.3, 0.4) is 0 Å². The molecule has 28 heavy (non-hydrogen) atoms. The summed E-state index contributed by atoms with van der Waals surface area (Å²) in [5, 5.41) is 23.5. The van der Waals surface area contributed by atoms with Gasteiger partial charge in [0.05, 0.1) is 17.6 Å². The first kappa shape index (κ1) is 19.2. The second-order valence-electron chi connectivity index (χ2n) is 6.75. The summed E-state index contributed by atoms with van der Waals surface area (Å²) in [5.74, 6) is 0.174. The van der Waals surface area contributed by atoms with Crippen LogP contribution in [0.5, 0.6) is 11.5 Å². The van der Waals surface area contributed by atoms with Gasteiger partial charge in [0.1, 0.15) is 11.5 Å². The van der Waals surface area contributed by atoms with E-state index in [1.165, 1.54) is 0 Å². The monoisotopic (exact) mass is 379 g/mol. The average Bonchev–Trinajstić information content (AvgIpc) is 2.70. The van der Waals surface area contributed by atoms with Crippen molar-refractivity contribution in [1.29, 1.82) is 5.26 Å². The number of nitrogens with one attached hydrogen (secondary N) is 2. The van der Waals surface area contributed by atoms with Crippen molar-refractivity contribution >= 4 is 17.7 Å². The van der Waals surface area contributed by atoms with E-state index in [0.717, 1.165) is 0 Å². The Morgan fingerprint density at radius 2 is 1.54 bits per heavy atom. The predicted octanol–water partition coefficient (Wildman–Crippen LogP) is 4.12. The Morgan fingerprint density at radius 3 is 2.07 bits per heavy atom. The fraction of sp³-hybridized carbons (Fsp3) is 0.286. The average molecular weight is 379 g/mol. The summed E-state index contributed by atoms with van der Waals surface area (Å²) in [6.07, 6.45) is 2.51. The van der Waals surface area contributed by atoms with Crippen molar-refractivity contribution in [3.05, 3.63) is 54.1 Å². The number of amides is 2. The lowest BCUT2D eigenvalue weighted by Gasteiger charge is -2.26. The summed E-state index contributed by atoms with van der Waals surface area (Å²) in [6.45, 7) is 0. The molecule has 3 rings (SSSR count). The highest BCUT2D eigenvalue weighted by Crippen LogP contribution is 2.25. The van der Waals surface area contributed by atoms with Crippen LogP contribution in [0, 0.1) is 17.2 Å². The van der Waals surface area contributed by atoms with Gasteiger partial charge in [-0.3, -0.25) is 4.79 Å². The number of benzene rings is 2. The first-order valence-corrected chi connectivity index (χ1v) is 9.12. The lowest BCUT2D eigenvalue weighted by molar-refractivity contribution is -0.142. The molecule has 2 aromatic rings. The number of rotatable bonds is 5. The second-order valence-corrected chi connectivity index (χ2v) is 6.75. The molecule has 2 amide bonds. The van der Waals surface area contributed by atoms with Crippen molar-refractivity contribution < 1.29 is 19.4 Å². The molecule has 0 bridgehead atoms. The molecule has 0 unspecified atom stereocenters. The zero-order chi connectivity index (χ0) is 19.9. The molecular weight excluding hydrogens is 358 g/mol. The number of hydrogen-bond acceptors (Lipinski definition) is 4. The highest BCUT2D eigenvalue weighted by Gasteiger charge is 2.26. The molecule has 0 heterocycles. The van der Waals surface area contributed by atoms with E-state index in [1.54, 1.807) is 48.5 Å². The van der Waals surface area contributed by atoms with Gasteiger partial charge in [0.2, 0.25) is 0 Å². The number of nitrogens with zero attached hydrogens (tertiary/aromatic N) is 1. The van der Waals surface area contributed by atoms with Crippen LogP contribution in [-0.4, -0.2) is 23.1 Å². The van der Waals surface area contributed by atoms with Gasteiger partial charge in [-0.2, -0.15) is 5.26 Å². The maximum Gasteiger partial charge on any atom is 0.319 e. The first-order chi connectivity index (χ1) is 13.5. The van der Waals surface area contributed by atoms with Gasteiger partial charge >= 0.3 is 12.0 Å². The minimum atomic E-state index is -0.758. The topological polar surface area (TPSA) is 111 Å². The molecule has 7 heteroatoms. The van der Waals surface area contributed by atoms with Gasteiger partial charge in [-0.25, -0.2) is 4.79 Å². The quantitative estimate of drug-likeness (QED) is 0.724. The molecule has 1 aliphatic carbocycles. The van der Waals surface area contributed by atoms with Gasteiger partial charge in [-0.05, 0) is 74.2 Å². The van der Waals surface area contributed by atoms with E-state index in [4.69, 9.17) is 15.1 Å². The van der Waals surface area contributed by atoms with E-state index in [0.29, 0.717) is 48.4 Å². The third-order valence-electron chi connectivity index (χ3n) is 4.74. The van der Waals surface area contributed by atoms with E-state index in [2.05, 4.69) is 16.7 Å². The number of anilines is 1. The van der Waals surface area contributed by atoms with E-state index >= 15 is 0 Å². The maximum absolute atomic E-state index is 12.1. The molecule has 0 spiro atoms. The standard InChI is InChI=1S/C21H21N3O4/c22-13-14-1-9-18(10-2-14)28-19-11-7-17(8-12-19)24-21(27)23-16-5-3-15(4-6-16)20(25)26/h1-2,7-12,15-16H,3-6H2,(H,25,26)(H2,23,24,27). The van der Waals surface area contributed by atoms with Crippen LogP contribution in [0.4, 0.5) is 10.5 Å². The second kappa shape index (κ2) is 8.91. The van der Waals surface area contributed by atoms with Crippen LogP contribution in [-0.2, 0) is 4.79 Å². The van der Waals surface area contributed by atoms with Crippen molar-refractivity contribution in [2.75, 3.05) is 5.32 Å². The van der Waals surface area contributed by atoms with Gasteiger partial charge in [-0.15, -0.1) is 0 Å². The highest BCUT2D eigenvalue weighted by molar-refractivity contribution is 5.89. The van der Waals surface area contributed by atoms with Crippen LogP contribution in [0.1, 0.15) is 31.2 Å². The summed E-state index contributed by atoms with van der Waals surface area (Å²) in [7, 11) is 0. The minimum Gasteiger partial charge on any atom is -0.481 e. The molecule has 0 aromatic heterocycles. The Labute approximate surface area is 162 Å². The molecular formula is C21H21N3O4. The number of carbonyl (C=O) groups excluding carboxylic acids is 1. The van der Waals surface area contributed by atoms with E-state index in [9.17, 15) is 9.59 Å². The number of carbonyl (C=O) groups is 2. The van der Waals surface area contributed by atoms with Crippen LogP contribution < -0.4 is 15.4 Å². The third kappa shape index (κ3) is 5.24. The number of ether oxygens (including phenoxy) is 1. The zero-order valence-electron chi connectivity index (χ0n) is 15.2. The Morgan fingerprint density at radius 1 is 0.964 bits per heavy atom. The molecule has 0 atom stereocenters. The summed E-state index contributed by atoms with van der Waals surface area (Å²) in [6, 6.07) is 15.5. The summed E-state index contributed by atoms with van der Waals surface area (Å²) < 4.78 is 5.70. The maximum atomic E-state index is 12.1. The molecule has 7 nitrogen and oxygen atoms in total. The molecule has 3 N–H and O–H groups in total. The van der Waals surface area contributed by atoms with E-state index < -0.39 is 5.97 Å². The Kier molecular flexibility index (Phi) is 6.12. The molecule has 1 aliphatic rings. The smallest absolute Gasteiger partial charge is 0.319 e. The van der Waals surface area contributed by atoms with Gasteiger partial charge in [-0.1, -0.05) is 0 Å². The molecule has 0 radical (unpaired) electrons. The zero-order valence-corrected chi connectivity index (χ0v) is 15.2. The van der Waals surface area contributed by atoms with Gasteiger partial charge < -0.3 is 20.5 Å². The summed E-state index contributed by atoms with van der Waals surface area (Å²) in [4.78, 5) is 23.1. The summed E-state index contributed by atoms with van der Waals surface area (Å²) >= 11 is 0. The van der Waals surface area contributed by atoms with Gasteiger partial charge in [0.25, 0.3) is 0 Å². The fourth-order valence-corrected chi connectivity index (χ4v) is 3.18. The highest BCUT2D eigenvalue weighted by atomic mass is 16.5. The molecule has 1 fully saturated rings. The number of carboxylic acid groups (broad SMARTS) is 1. The SMILES string of the molecule is N#Cc1ccc(Oc2ccc(NC(=O)NC3CCC(C(=O)O)CC3)cc2)cc1. The Bertz CT molecular complexity index is 864. The van der Waals surface area contributed by atoms with Crippen molar-refractivity contribution in [3.63, 3.8) is 0 Å². The minimum absolute atomic E-state index is 0.00501. The van der Waals surface area contributed by atoms with Crippen molar-refractivity contribution in [2.24, 2.45) is 5.92 Å². The van der Waals surface area contributed by atoms with E-state index in [1.807, 2.05) is 0 Å². The number of nitriles is 1. The van der Waals surface area contributed by atoms with Crippen LogP contribution in [0.25, 0.3) is 0 Å². The Hall–Kier alpha value is -3.53. The largest absolute Gasteiger partial charge is 0.481 e. The van der Waals surface area contributed by atoms with Crippen LogP contribution in [0.15, 0.2) is 48.5 Å². The molecule has 0 saturated heterocycles. The number of hydrogen-bond donors (Lipinski definition) is 3. The first-order valence-electron chi connectivity index (χ1n) is 9.12. The van der Waals surface area contributed by atoms with Crippen molar-refractivity contribution in [2.45, 2.75) is 31.7 Å². The van der Waals surface area contributed by atoms with Gasteiger partial charge in [0.15, 0.2) is 0 Å². The normalized spacial score (nSPS) is 18.5. The Balaban J connectivity index is 1.47. The molecule has 2 aromatic carbocycles. The van der Waals surface area contributed by atoms with Crippen LogP contribution in [0.2, 0.25) is 0 Å². The van der Waals surface area contributed by atoms with Crippen molar-refractivity contribution in [3.8, 4) is 17.6 Å². The predicted molar refractivity (Wildman–Crippen MR) is 103 cm³/mol. The van der Waals surface area contributed by atoms with Crippen LogP contribution >= 0.6 is 0 Å². The molecule has 144 valence electrons. The van der Waals surface area contributed by atoms with E-state index in [-0.39, 0.29) is 18.0 Å². The summed E-state index contributed by atoms with van der Waals surface area (Å²) in [5.41, 5.74) is 1.19. The van der Waals surface area contributed by atoms with Crippen molar-refractivity contribution in [1.82, 2.24) is 5.32 Å².